The second kappa shape index (κ2) is 4.25. The van der Waals surface area contributed by atoms with Crippen LogP contribution in [0.1, 0.15) is 5.56 Å². The minimum atomic E-state index is 0.282. The third kappa shape index (κ3) is 2.07. The first-order valence-electron chi connectivity index (χ1n) is 3.34. The number of nitrogen functional groups attached to an aromatic ring is 1. The highest BCUT2D eigenvalue weighted by atomic mass is 35.5. The lowest BCUT2D eigenvalue weighted by Crippen LogP contribution is -1.90. The molecule has 0 unspecified atom stereocenters. The summed E-state index contributed by atoms with van der Waals surface area (Å²) in [5.74, 6) is 5.77. The molecule has 0 amide bonds. The normalized spacial score (nSPS) is 8.83. The maximum atomic E-state index is 5.84. The van der Waals surface area contributed by atoms with E-state index in [0.29, 0.717) is 16.3 Å². The standard InChI is InChI=1S/C9H7Cl2N/c10-6-2-3-7-8(11)4-1-5-9(7)12/h1,4-5H,6,12H2. The molecule has 1 aromatic carbocycles. The molecule has 0 radical (unpaired) electrons. The van der Waals surface area contributed by atoms with E-state index < -0.39 is 0 Å². The van der Waals surface area contributed by atoms with Gasteiger partial charge in [0.15, 0.2) is 0 Å². The Labute approximate surface area is 81.5 Å². The first-order chi connectivity index (χ1) is 5.75. The molecule has 0 fully saturated rings. The quantitative estimate of drug-likeness (QED) is 0.388. The zero-order valence-electron chi connectivity index (χ0n) is 6.27. The summed E-state index contributed by atoms with van der Waals surface area (Å²) in [5, 5.41) is 0.563. The van der Waals surface area contributed by atoms with Crippen molar-refractivity contribution in [2.75, 3.05) is 11.6 Å². The SMILES string of the molecule is Nc1cccc(Cl)c1C#CCCl. The predicted molar refractivity (Wildman–Crippen MR) is 53.5 cm³/mol. The summed E-state index contributed by atoms with van der Waals surface area (Å²) in [6, 6.07) is 5.28. The summed E-state index contributed by atoms with van der Waals surface area (Å²) in [6.45, 7) is 0. The van der Waals surface area contributed by atoms with E-state index in [1.54, 1.807) is 18.2 Å². The molecule has 0 heterocycles. The van der Waals surface area contributed by atoms with Crippen molar-refractivity contribution in [3.63, 3.8) is 0 Å². The smallest absolute Gasteiger partial charge is 0.0839 e. The number of nitrogens with two attached hydrogens (primary N) is 1. The minimum Gasteiger partial charge on any atom is -0.398 e. The third-order valence-electron chi connectivity index (χ3n) is 1.33. The zero-order valence-corrected chi connectivity index (χ0v) is 7.78. The summed E-state index contributed by atoms with van der Waals surface area (Å²) in [6.07, 6.45) is 0. The van der Waals surface area contributed by atoms with Gasteiger partial charge in [0.25, 0.3) is 0 Å². The van der Waals surface area contributed by atoms with Crippen molar-refractivity contribution in [1.82, 2.24) is 0 Å². The van der Waals surface area contributed by atoms with Crippen molar-refractivity contribution >= 4 is 28.9 Å². The fraction of sp³-hybridized carbons (Fsp3) is 0.111. The number of benzene rings is 1. The molecule has 0 aliphatic heterocycles. The van der Waals surface area contributed by atoms with Gasteiger partial charge < -0.3 is 5.73 Å². The van der Waals surface area contributed by atoms with E-state index in [1.165, 1.54) is 0 Å². The Kier molecular flexibility index (Phi) is 3.28. The Morgan fingerprint density at radius 1 is 1.42 bits per heavy atom. The summed E-state index contributed by atoms with van der Waals surface area (Å²) < 4.78 is 0. The van der Waals surface area contributed by atoms with Crippen LogP contribution in [0, 0.1) is 11.8 Å². The molecule has 62 valence electrons. The summed E-state index contributed by atoms with van der Waals surface area (Å²) in [5.41, 5.74) is 6.87. The lowest BCUT2D eigenvalue weighted by atomic mass is 10.2. The van der Waals surface area contributed by atoms with Crippen molar-refractivity contribution in [2.24, 2.45) is 0 Å². The highest BCUT2D eigenvalue weighted by Crippen LogP contribution is 2.20. The third-order valence-corrected chi connectivity index (χ3v) is 1.77. The van der Waals surface area contributed by atoms with E-state index in [4.69, 9.17) is 28.9 Å². The maximum Gasteiger partial charge on any atom is 0.0839 e. The van der Waals surface area contributed by atoms with Crippen molar-refractivity contribution in [1.29, 1.82) is 0 Å². The first-order valence-corrected chi connectivity index (χ1v) is 4.25. The van der Waals surface area contributed by atoms with Gasteiger partial charge in [0, 0.05) is 5.69 Å². The molecule has 1 rings (SSSR count). The molecule has 0 aliphatic carbocycles. The minimum absolute atomic E-state index is 0.282. The van der Waals surface area contributed by atoms with Gasteiger partial charge in [0.1, 0.15) is 0 Å². The van der Waals surface area contributed by atoms with Crippen LogP contribution in [0.25, 0.3) is 0 Å². The molecular weight excluding hydrogens is 193 g/mol. The molecule has 0 saturated carbocycles. The Morgan fingerprint density at radius 3 is 2.75 bits per heavy atom. The van der Waals surface area contributed by atoms with Crippen LogP contribution < -0.4 is 5.73 Å². The number of anilines is 1. The molecule has 3 heteroatoms. The molecule has 1 aromatic rings. The Bertz CT molecular complexity index is 316. The van der Waals surface area contributed by atoms with Crippen LogP contribution in [0.3, 0.4) is 0 Å². The van der Waals surface area contributed by atoms with Gasteiger partial charge in [-0.2, -0.15) is 0 Å². The monoisotopic (exact) mass is 199 g/mol. The summed E-state index contributed by atoms with van der Waals surface area (Å²) in [7, 11) is 0. The van der Waals surface area contributed by atoms with Crippen LogP contribution in [0.4, 0.5) is 5.69 Å². The number of alkyl halides is 1. The molecule has 0 spiro atoms. The molecule has 2 N–H and O–H groups in total. The molecule has 12 heavy (non-hydrogen) atoms. The topological polar surface area (TPSA) is 26.0 Å². The molecule has 1 nitrogen and oxygen atoms in total. The summed E-state index contributed by atoms with van der Waals surface area (Å²) in [4.78, 5) is 0. The Hall–Kier alpha value is -0.840. The average molecular weight is 200 g/mol. The van der Waals surface area contributed by atoms with E-state index in [9.17, 15) is 0 Å². The molecule has 0 atom stereocenters. The van der Waals surface area contributed by atoms with Gasteiger partial charge >= 0.3 is 0 Å². The number of rotatable bonds is 0. The van der Waals surface area contributed by atoms with E-state index in [-0.39, 0.29) is 5.88 Å². The van der Waals surface area contributed by atoms with E-state index in [2.05, 4.69) is 11.8 Å². The van der Waals surface area contributed by atoms with Crippen molar-refractivity contribution in [3.05, 3.63) is 28.8 Å². The van der Waals surface area contributed by atoms with Gasteiger partial charge in [0.2, 0.25) is 0 Å². The Morgan fingerprint density at radius 2 is 2.17 bits per heavy atom. The van der Waals surface area contributed by atoms with Crippen LogP contribution in [-0.4, -0.2) is 5.88 Å². The van der Waals surface area contributed by atoms with E-state index in [1.807, 2.05) is 0 Å². The molecular formula is C9H7Cl2N. The van der Waals surface area contributed by atoms with Crippen molar-refractivity contribution in [3.8, 4) is 11.8 Å². The average Bonchev–Trinajstić information content (AvgIpc) is 2.04. The summed E-state index contributed by atoms with van der Waals surface area (Å²) >= 11 is 11.2. The zero-order chi connectivity index (χ0) is 8.97. The van der Waals surface area contributed by atoms with Crippen LogP contribution in [0.2, 0.25) is 5.02 Å². The van der Waals surface area contributed by atoms with E-state index in [0.717, 1.165) is 0 Å². The van der Waals surface area contributed by atoms with Crippen LogP contribution >= 0.6 is 23.2 Å². The highest BCUT2D eigenvalue weighted by molar-refractivity contribution is 6.32. The fourth-order valence-electron chi connectivity index (χ4n) is 0.794. The molecule has 0 aliphatic rings. The second-order valence-corrected chi connectivity index (χ2v) is 2.81. The predicted octanol–water partition coefficient (Wildman–Crippen LogP) is 2.51. The van der Waals surface area contributed by atoms with Crippen molar-refractivity contribution in [2.45, 2.75) is 0 Å². The van der Waals surface area contributed by atoms with Crippen LogP contribution in [0.15, 0.2) is 18.2 Å². The van der Waals surface area contributed by atoms with Gasteiger partial charge in [-0.25, -0.2) is 0 Å². The highest BCUT2D eigenvalue weighted by Gasteiger charge is 1.99. The first kappa shape index (κ1) is 9.25. The van der Waals surface area contributed by atoms with Gasteiger partial charge in [-0.1, -0.05) is 29.5 Å². The van der Waals surface area contributed by atoms with Crippen LogP contribution in [-0.2, 0) is 0 Å². The van der Waals surface area contributed by atoms with Crippen molar-refractivity contribution < 1.29 is 0 Å². The Balaban J connectivity index is 3.13. The molecule has 0 bridgehead atoms. The van der Waals surface area contributed by atoms with Gasteiger partial charge in [-0.3, -0.25) is 0 Å². The van der Waals surface area contributed by atoms with Crippen LogP contribution in [0.5, 0.6) is 0 Å². The van der Waals surface area contributed by atoms with Gasteiger partial charge in [-0.15, -0.1) is 11.6 Å². The van der Waals surface area contributed by atoms with E-state index >= 15 is 0 Å². The van der Waals surface area contributed by atoms with Gasteiger partial charge in [0.05, 0.1) is 16.5 Å². The lowest BCUT2D eigenvalue weighted by Gasteiger charge is -1.98. The fourth-order valence-corrected chi connectivity index (χ4v) is 1.09. The largest absolute Gasteiger partial charge is 0.398 e. The number of hydrogen-bond donors (Lipinski definition) is 1. The molecule has 0 aromatic heterocycles. The lowest BCUT2D eigenvalue weighted by molar-refractivity contribution is 1.62. The maximum absolute atomic E-state index is 5.84. The number of hydrogen-bond acceptors (Lipinski definition) is 1. The second-order valence-electron chi connectivity index (χ2n) is 2.14. The molecule has 0 saturated heterocycles. The van der Waals surface area contributed by atoms with Gasteiger partial charge in [-0.05, 0) is 12.1 Å². The number of halogens is 2.